The van der Waals surface area contributed by atoms with Gasteiger partial charge in [-0.15, -0.1) is 0 Å². The van der Waals surface area contributed by atoms with Crippen LogP contribution >= 0.6 is 0 Å². The quantitative estimate of drug-likeness (QED) is 0.552. The standard InChI is InChI=1S/C11H12N2O3/c1-16-11(15)9-4-5-13(9)10-3-2-8(7-14)6-12-10/h2-3,6-7,9H,4-5H2,1H3. The molecule has 1 fully saturated rings. The van der Waals surface area contributed by atoms with E-state index in [9.17, 15) is 9.59 Å². The van der Waals surface area contributed by atoms with E-state index >= 15 is 0 Å². The molecule has 1 aliphatic heterocycles. The lowest BCUT2D eigenvalue weighted by Gasteiger charge is -2.39. The minimum atomic E-state index is -0.243. The molecule has 2 rings (SSSR count). The first-order valence-corrected chi connectivity index (χ1v) is 5.02. The molecular weight excluding hydrogens is 208 g/mol. The maximum Gasteiger partial charge on any atom is 0.328 e. The van der Waals surface area contributed by atoms with Crippen molar-refractivity contribution in [1.82, 2.24) is 4.98 Å². The van der Waals surface area contributed by atoms with E-state index in [0.717, 1.165) is 19.3 Å². The number of rotatable bonds is 3. The van der Waals surface area contributed by atoms with E-state index in [4.69, 9.17) is 0 Å². The number of aromatic nitrogens is 1. The highest BCUT2D eigenvalue weighted by atomic mass is 16.5. The largest absolute Gasteiger partial charge is 0.467 e. The molecule has 1 saturated heterocycles. The lowest BCUT2D eigenvalue weighted by Crippen LogP contribution is -2.53. The van der Waals surface area contributed by atoms with Crippen LogP contribution < -0.4 is 4.90 Å². The van der Waals surface area contributed by atoms with Crippen molar-refractivity contribution in [2.24, 2.45) is 0 Å². The Morgan fingerprint density at radius 1 is 1.62 bits per heavy atom. The number of methoxy groups -OCH3 is 1. The fourth-order valence-electron chi connectivity index (χ4n) is 1.68. The minimum absolute atomic E-state index is 0.236. The van der Waals surface area contributed by atoms with Crippen molar-refractivity contribution < 1.29 is 14.3 Å². The van der Waals surface area contributed by atoms with Gasteiger partial charge in [-0.2, -0.15) is 0 Å². The Kier molecular flexibility index (Phi) is 2.85. The SMILES string of the molecule is COC(=O)C1CCN1c1ccc(C=O)cn1. The highest BCUT2D eigenvalue weighted by molar-refractivity contribution is 5.82. The molecule has 0 amide bonds. The second-order valence-corrected chi connectivity index (χ2v) is 3.59. The van der Waals surface area contributed by atoms with Gasteiger partial charge in [0.2, 0.25) is 0 Å². The number of ether oxygens (including phenoxy) is 1. The van der Waals surface area contributed by atoms with Crippen LogP contribution in [0.1, 0.15) is 16.8 Å². The zero-order chi connectivity index (χ0) is 11.5. The predicted molar refractivity (Wildman–Crippen MR) is 57.4 cm³/mol. The van der Waals surface area contributed by atoms with Crippen molar-refractivity contribution in [1.29, 1.82) is 0 Å². The Labute approximate surface area is 93.0 Å². The van der Waals surface area contributed by atoms with Gasteiger partial charge in [0.1, 0.15) is 11.9 Å². The lowest BCUT2D eigenvalue weighted by molar-refractivity contribution is -0.143. The van der Waals surface area contributed by atoms with Crippen LogP contribution in [0.4, 0.5) is 5.82 Å². The third-order valence-electron chi connectivity index (χ3n) is 2.69. The van der Waals surface area contributed by atoms with Crippen LogP contribution in [0.15, 0.2) is 18.3 Å². The fourth-order valence-corrected chi connectivity index (χ4v) is 1.68. The van der Waals surface area contributed by atoms with Crippen LogP contribution in [0, 0.1) is 0 Å². The Morgan fingerprint density at radius 3 is 2.88 bits per heavy atom. The van der Waals surface area contributed by atoms with Crippen LogP contribution in [0.5, 0.6) is 0 Å². The topological polar surface area (TPSA) is 59.5 Å². The van der Waals surface area contributed by atoms with E-state index in [0.29, 0.717) is 11.4 Å². The predicted octanol–water partition coefficient (Wildman–Crippen LogP) is 0.646. The zero-order valence-corrected chi connectivity index (χ0v) is 8.92. The molecule has 0 N–H and O–H groups in total. The first-order chi connectivity index (χ1) is 7.76. The van der Waals surface area contributed by atoms with E-state index in [1.165, 1.54) is 13.3 Å². The van der Waals surface area contributed by atoms with Gasteiger partial charge < -0.3 is 9.64 Å². The molecule has 0 aromatic carbocycles. The summed E-state index contributed by atoms with van der Waals surface area (Å²) in [4.78, 5) is 27.8. The molecule has 1 atom stereocenters. The monoisotopic (exact) mass is 220 g/mol. The van der Waals surface area contributed by atoms with E-state index in [1.54, 1.807) is 12.1 Å². The van der Waals surface area contributed by atoms with Gasteiger partial charge in [-0.3, -0.25) is 4.79 Å². The summed E-state index contributed by atoms with van der Waals surface area (Å²) in [5.41, 5.74) is 0.527. The number of anilines is 1. The summed E-state index contributed by atoms with van der Waals surface area (Å²) in [7, 11) is 1.38. The number of carbonyl (C=O) groups excluding carboxylic acids is 2. The number of carbonyl (C=O) groups is 2. The van der Waals surface area contributed by atoms with Gasteiger partial charge in [0.15, 0.2) is 6.29 Å². The fraction of sp³-hybridized carbons (Fsp3) is 0.364. The van der Waals surface area contributed by atoms with Gasteiger partial charge in [-0.1, -0.05) is 0 Å². The summed E-state index contributed by atoms with van der Waals surface area (Å²) < 4.78 is 4.69. The molecule has 5 nitrogen and oxygen atoms in total. The number of aldehydes is 1. The minimum Gasteiger partial charge on any atom is -0.467 e. The maximum absolute atomic E-state index is 11.4. The summed E-state index contributed by atoms with van der Waals surface area (Å²) in [6, 6.07) is 3.18. The molecule has 0 saturated carbocycles. The molecule has 0 spiro atoms. The third kappa shape index (κ3) is 1.76. The van der Waals surface area contributed by atoms with Gasteiger partial charge in [0.05, 0.1) is 7.11 Å². The van der Waals surface area contributed by atoms with Crippen LogP contribution in [0.3, 0.4) is 0 Å². The Hall–Kier alpha value is -1.91. The highest BCUT2D eigenvalue weighted by Crippen LogP contribution is 2.25. The van der Waals surface area contributed by atoms with Crippen LogP contribution in [-0.4, -0.2) is 36.9 Å². The molecule has 1 aliphatic rings. The number of hydrogen-bond acceptors (Lipinski definition) is 5. The molecule has 0 aliphatic carbocycles. The molecule has 1 aromatic heterocycles. The molecule has 84 valence electrons. The highest BCUT2D eigenvalue weighted by Gasteiger charge is 2.35. The van der Waals surface area contributed by atoms with Crippen molar-refractivity contribution in [2.75, 3.05) is 18.6 Å². The Morgan fingerprint density at radius 2 is 2.44 bits per heavy atom. The van der Waals surface area contributed by atoms with Crippen molar-refractivity contribution in [2.45, 2.75) is 12.5 Å². The van der Waals surface area contributed by atoms with E-state index < -0.39 is 0 Å². The lowest BCUT2D eigenvalue weighted by atomic mass is 10.0. The normalized spacial score (nSPS) is 18.8. The number of esters is 1. The molecule has 1 unspecified atom stereocenters. The Bertz CT molecular complexity index is 402. The van der Waals surface area contributed by atoms with Crippen molar-refractivity contribution in [3.8, 4) is 0 Å². The van der Waals surface area contributed by atoms with Gasteiger partial charge in [0, 0.05) is 18.3 Å². The first-order valence-electron chi connectivity index (χ1n) is 5.02. The smallest absolute Gasteiger partial charge is 0.328 e. The summed E-state index contributed by atoms with van der Waals surface area (Å²) in [5, 5.41) is 0. The van der Waals surface area contributed by atoms with E-state index in [2.05, 4.69) is 9.72 Å². The number of hydrogen-bond donors (Lipinski definition) is 0. The van der Waals surface area contributed by atoms with Gasteiger partial charge >= 0.3 is 5.97 Å². The van der Waals surface area contributed by atoms with Gasteiger partial charge in [-0.05, 0) is 18.6 Å². The Balaban J connectivity index is 2.12. The summed E-state index contributed by atoms with van der Waals surface area (Å²) >= 11 is 0. The molecule has 0 radical (unpaired) electrons. The van der Waals surface area contributed by atoms with Crippen molar-refractivity contribution >= 4 is 18.1 Å². The second kappa shape index (κ2) is 4.30. The summed E-state index contributed by atoms with van der Waals surface area (Å²) in [6.07, 6.45) is 3.02. The van der Waals surface area contributed by atoms with Crippen molar-refractivity contribution in [3.63, 3.8) is 0 Å². The second-order valence-electron chi connectivity index (χ2n) is 3.59. The molecule has 5 heteroatoms. The number of pyridine rings is 1. The molecule has 16 heavy (non-hydrogen) atoms. The van der Waals surface area contributed by atoms with Gasteiger partial charge in [0.25, 0.3) is 0 Å². The first kappa shape index (κ1) is 10.6. The average molecular weight is 220 g/mol. The average Bonchev–Trinajstić information content (AvgIpc) is 2.28. The molecular formula is C11H12N2O3. The molecule has 2 heterocycles. The molecule has 1 aromatic rings. The van der Waals surface area contributed by atoms with Crippen LogP contribution in [-0.2, 0) is 9.53 Å². The number of nitrogens with zero attached hydrogens (tertiary/aromatic N) is 2. The van der Waals surface area contributed by atoms with Gasteiger partial charge in [-0.25, -0.2) is 9.78 Å². The maximum atomic E-state index is 11.4. The van der Waals surface area contributed by atoms with Crippen LogP contribution in [0.25, 0.3) is 0 Å². The van der Waals surface area contributed by atoms with E-state index in [-0.39, 0.29) is 12.0 Å². The summed E-state index contributed by atoms with van der Waals surface area (Å²) in [6.45, 7) is 0.785. The van der Waals surface area contributed by atoms with Crippen LogP contribution in [0.2, 0.25) is 0 Å². The third-order valence-corrected chi connectivity index (χ3v) is 2.69. The summed E-state index contributed by atoms with van der Waals surface area (Å²) in [5.74, 6) is 0.458. The van der Waals surface area contributed by atoms with E-state index in [1.807, 2.05) is 4.90 Å². The zero-order valence-electron chi connectivity index (χ0n) is 8.92. The molecule has 0 bridgehead atoms. The van der Waals surface area contributed by atoms with Crippen molar-refractivity contribution in [3.05, 3.63) is 23.9 Å².